The highest BCUT2D eigenvalue weighted by molar-refractivity contribution is 5.89. The number of rotatable bonds is 8. The fraction of sp³-hybridized carbons (Fsp3) is 0.562. The molecule has 0 saturated heterocycles. The van der Waals surface area contributed by atoms with Crippen LogP contribution in [0.5, 0.6) is 0 Å². The minimum absolute atomic E-state index is 0.156. The van der Waals surface area contributed by atoms with Gasteiger partial charge in [0.2, 0.25) is 0 Å². The molecule has 0 radical (unpaired) electrons. The zero-order chi connectivity index (χ0) is 14.1. The van der Waals surface area contributed by atoms with E-state index < -0.39 is 0 Å². The minimum atomic E-state index is -0.324. The SMILES string of the molecule is CCCCCCC(CO)c1ccc(C(=O)OC)cc1. The van der Waals surface area contributed by atoms with Crippen molar-refractivity contribution in [2.45, 2.75) is 44.9 Å². The van der Waals surface area contributed by atoms with Gasteiger partial charge in [-0.2, -0.15) is 0 Å². The van der Waals surface area contributed by atoms with Crippen LogP contribution in [0.15, 0.2) is 24.3 Å². The first-order valence-corrected chi connectivity index (χ1v) is 7.02. The molecule has 106 valence electrons. The van der Waals surface area contributed by atoms with E-state index in [1.807, 2.05) is 12.1 Å². The lowest BCUT2D eigenvalue weighted by Crippen LogP contribution is -2.06. The molecule has 0 saturated carbocycles. The second kappa shape index (κ2) is 8.70. The van der Waals surface area contributed by atoms with Gasteiger partial charge in [-0.15, -0.1) is 0 Å². The molecule has 0 aromatic heterocycles. The molecule has 1 aromatic carbocycles. The third kappa shape index (κ3) is 5.03. The average molecular weight is 264 g/mol. The zero-order valence-electron chi connectivity index (χ0n) is 11.9. The lowest BCUT2D eigenvalue weighted by Gasteiger charge is -2.14. The van der Waals surface area contributed by atoms with Crippen LogP contribution in [-0.2, 0) is 4.74 Å². The van der Waals surface area contributed by atoms with Gasteiger partial charge in [0.1, 0.15) is 0 Å². The number of benzene rings is 1. The number of methoxy groups -OCH3 is 1. The Bertz CT molecular complexity index is 370. The van der Waals surface area contributed by atoms with Crippen LogP contribution in [0.4, 0.5) is 0 Å². The summed E-state index contributed by atoms with van der Waals surface area (Å²) in [5, 5.41) is 9.47. The van der Waals surface area contributed by atoms with Crippen molar-refractivity contribution in [3.05, 3.63) is 35.4 Å². The molecule has 1 N–H and O–H groups in total. The summed E-state index contributed by atoms with van der Waals surface area (Å²) in [6.45, 7) is 2.35. The first-order valence-electron chi connectivity index (χ1n) is 7.02. The van der Waals surface area contributed by atoms with E-state index in [1.54, 1.807) is 12.1 Å². The van der Waals surface area contributed by atoms with E-state index >= 15 is 0 Å². The summed E-state index contributed by atoms with van der Waals surface area (Å²) in [5.41, 5.74) is 1.64. The Morgan fingerprint density at radius 3 is 2.42 bits per heavy atom. The molecule has 0 amide bonds. The molecule has 0 aliphatic carbocycles. The minimum Gasteiger partial charge on any atom is -0.465 e. The smallest absolute Gasteiger partial charge is 0.337 e. The molecule has 0 spiro atoms. The van der Waals surface area contributed by atoms with Crippen LogP contribution in [-0.4, -0.2) is 24.8 Å². The van der Waals surface area contributed by atoms with E-state index in [9.17, 15) is 9.90 Å². The van der Waals surface area contributed by atoms with Gasteiger partial charge in [0.25, 0.3) is 0 Å². The predicted molar refractivity (Wildman–Crippen MR) is 76.4 cm³/mol. The van der Waals surface area contributed by atoms with Crippen molar-refractivity contribution >= 4 is 5.97 Å². The third-order valence-electron chi connectivity index (χ3n) is 3.43. The van der Waals surface area contributed by atoms with Gasteiger partial charge in [-0.25, -0.2) is 4.79 Å². The summed E-state index contributed by atoms with van der Waals surface area (Å²) < 4.78 is 4.67. The molecule has 1 aromatic rings. The highest BCUT2D eigenvalue weighted by atomic mass is 16.5. The Morgan fingerprint density at radius 2 is 1.89 bits per heavy atom. The van der Waals surface area contributed by atoms with E-state index in [-0.39, 0.29) is 18.5 Å². The number of unbranched alkanes of at least 4 members (excludes halogenated alkanes) is 3. The van der Waals surface area contributed by atoms with Crippen LogP contribution in [0.25, 0.3) is 0 Å². The van der Waals surface area contributed by atoms with Crippen molar-refractivity contribution < 1.29 is 14.6 Å². The van der Waals surface area contributed by atoms with E-state index in [2.05, 4.69) is 11.7 Å². The molecule has 3 heteroatoms. The maximum absolute atomic E-state index is 11.3. The normalized spacial score (nSPS) is 12.2. The summed E-state index contributed by atoms with van der Waals surface area (Å²) in [6, 6.07) is 7.34. The van der Waals surface area contributed by atoms with Gasteiger partial charge < -0.3 is 9.84 Å². The number of hydrogen-bond acceptors (Lipinski definition) is 3. The highest BCUT2D eigenvalue weighted by Crippen LogP contribution is 2.22. The topological polar surface area (TPSA) is 46.5 Å². The quantitative estimate of drug-likeness (QED) is 0.577. The molecule has 0 aliphatic rings. The van der Waals surface area contributed by atoms with Gasteiger partial charge in [0.05, 0.1) is 12.7 Å². The molecular formula is C16H24O3. The van der Waals surface area contributed by atoms with Crippen LogP contribution in [0.2, 0.25) is 0 Å². The Labute approximate surface area is 115 Å². The van der Waals surface area contributed by atoms with E-state index in [0.29, 0.717) is 5.56 Å². The maximum atomic E-state index is 11.3. The molecule has 1 atom stereocenters. The van der Waals surface area contributed by atoms with Crippen LogP contribution in [0.3, 0.4) is 0 Å². The molecule has 19 heavy (non-hydrogen) atoms. The predicted octanol–water partition coefficient (Wildman–Crippen LogP) is 3.52. The summed E-state index contributed by atoms with van der Waals surface area (Å²) in [4.78, 5) is 11.3. The third-order valence-corrected chi connectivity index (χ3v) is 3.43. The number of aliphatic hydroxyl groups excluding tert-OH is 1. The van der Waals surface area contributed by atoms with Gasteiger partial charge in [-0.1, -0.05) is 44.7 Å². The van der Waals surface area contributed by atoms with E-state index in [4.69, 9.17) is 0 Å². The lowest BCUT2D eigenvalue weighted by atomic mass is 9.93. The number of ether oxygens (including phenoxy) is 1. The van der Waals surface area contributed by atoms with E-state index in [0.717, 1.165) is 18.4 Å². The Hall–Kier alpha value is -1.35. The molecular weight excluding hydrogens is 240 g/mol. The first-order chi connectivity index (χ1) is 9.22. The van der Waals surface area contributed by atoms with Gasteiger partial charge in [0, 0.05) is 12.5 Å². The second-order valence-corrected chi connectivity index (χ2v) is 4.84. The van der Waals surface area contributed by atoms with Gasteiger partial charge in [-0.05, 0) is 24.1 Å². The number of esters is 1. The summed E-state index contributed by atoms with van der Waals surface area (Å²) >= 11 is 0. The van der Waals surface area contributed by atoms with E-state index in [1.165, 1.54) is 26.4 Å². The molecule has 0 heterocycles. The van der Waals surface area contributed by atoms with Gasteiger partial charge in [0.15, 0.2) is 0 Å². The molecule has 1 rings (SSSR count). The first kappa shape index (κ1) is 15.7. The molecule has 0 bridgehead atoms. The standard InChI is InChI=1S/C16H24O3/c1-3-4-5-6-7-15(12-17)13-8-10-14(11-9-13)16(18)19-2/h8-11,15,17H,3-7,12H2,1-2H3. The van der Waals surface area contributed by atoms with Crippen LogP contribution < -0.4 is 0 Å². The fourth-order valence-electron chi connectivity index (χ4n) is 2.19. The summed E-state index contributed by atoms with van der Waals surface area (Å²) in [5.74, 6) is -0.154. The number of carbonyl (C=O) groups excluding carboxylic acids is 1. The molecule has 1 unspecified atom stereocenters. The van der Waals surface area contributed by atoms with Crippen molar-refractivity contribution in [1.82, 2.24) is 0 Å². The monoisotopic (exact) mass is 264 g/mol. The lowest BCUT2D eigenvalue weighted by molar-refractivity contribution is 0.0600. The van der Waals surface area contributed by atoms with Crippen LogP contribution >= 0.6 is 0 Å². The fourth-order valence-corrected chi connectivity index (χ4v) is 2.19. The van der Waals surface area contributed by atoms with Crippen molar-refractivity contribution in [3.63, 3.8) is 0 Å². The van der Waals surface area contributed by atoms with Crippen LogP contribution in [0.1, 0.15) is 60.9 Å². The number of hydrogen-bond donors (Lipinski definition) is 1. The second-order valence-electron chi connectivity index (χ2n) is 4.84. The van der Waals surface area contributed by atoms with Gasteiger partial charge in [-0.3, -0.25) is 0 Å². The molecule has 0 aliphatic heterocycles. The Kier molecular flexibility index (Phi) is 7.19. The number of aliphatic hydroxyl groups is 1. The zero-order valence-corrected chi connectivity index (χ0v) is 11.9. The summed E-state index contributed by atoms with van der Waals surface area (Å²) in [6.07, 6.45) is 5.82. The average Bonchev–Trinajstić information content (AvgIpc) is 2.47. The Balaban J connectivity index is 2.58. The van der Waals surface area contributed by atoms with Crippen molar-refractivity contribution in [3.8, 4) is 0 Å². The Morgan fingerprint density at radius 1 is 1.21 bits per heavy atom. The highest BCUT2D eigenvalue weighted by Gasteiger charge is 2.11. The van der Waals surface area contributed by atoms with Crippen molar-refractivity contribution in [1.29, 1.82) is 0 Å². The van der Waals surface area contributed by atoms with Gasteiger partial charge >= 0.3 is 5.97 Å². The number of carbonyl (C=O) groups is 1. The largest absolute Gasteiger partial charge is 0.465 e. The summed E-state index contributed by atoms with van der Waals surface area (Å²) in [7, 11) is 1.38. The molecule has 3 nitrogen and oxygen atoms in total. The van der Waals surface area contributed by atoms with Crippen molar-refractivity contribution in [2.24, 2.45) is 0 Å². The maximum Gasteiger partial charge on any atom is 0.337 e. The van der Waals surface area contributed by atoms with Crippen molar-refractivity contribution in [2.75, 3.05) is 13.7 Å². The molecule has 0 fully saturated rings. The van der Waals surface area contributed by atoms with Crippen LogP contribution in [0, 0.1) is 0 Å².